The monoisotopic (exact) mass is 417 g/mol. The number of fused-ring (bicyclic) bond motifs is 1. The molecule has 0 aliphatic heterocycles. The number of hydrogen-bond acceptors (Lipinski definition) is 4. The number of ether oxygens (including phenoxy) is 2. The first-order valence-corrected chi connectivity index (χ1v) is 10.9. The van der Waals surface area contributed by atoms with Gasteiger partial charge in [-0.05, 0) is 53.8 Å². The summed E-state index contributed by atoms with van der Waals surface area (Å²) in [6, 6.07) is 25.4. The molecule has 4 rings (SSSR count). The van der Waals surface area contributed by atoms with Gasteiger partial charge in [-0.25, -0.2) is 0 Å². The Balaban J connectivity index is 1.45. The molecular formula is C27H31NO3. The van der Waals surface area contributed by atoms with Crippen LogP contribution < -0.4 is 14.8 Å². The van der Waals surface area contributed by atoms with Crippen LogP contribution in [0.15, 0.2) is 72.8 Å². The molecule has 0 radical (unpaired) electrons. The summed E-state index contributed by atoms with van der Waals surface area (Å²) in [7, 11) is 3.30. The van der Waals surface area contributed by atoms with Gasteiger partial charge in [-0.1, -0.05) is 60.7 Å². The van der Waals surface area contributed by atoms with E-state index in [4.69, 9.17) is 9.47 Å². The van der Waals surface area contributed by atoms with Crippen LogP contribution in [0, 0.1) is 0 Å². The maximum atomic E-state index is 10.8. The maximum Gasteiger partial charge on any atom is 0.161 e. The average molecular weight is 418 g/mol. The summed E-state index contributed by atoms with van der Waals surface area (Å²) in [5, 5.41) is 14.4. The van der Waals surface area contributed by atoms with Gasteiger partial charge in [0.15, 0.2) is 11.5 Å². The van der Waals surface area contributed by atoms with E-state index in [-0.39, 0.29) is 6.04 Å². The lowest BCUT2D eigenvalue weighted by atomic mass is 9.85. The van der Waals surface area contributed by atoms with Gasteiger partial charge in [-0.15, -0.1) is 0 Å². The molecule has 1 aliphatic rings. The molecule has 0 bridgehead atoms. The normalized spacial score (nSPS) is 17.9. The van der Waals surface area contributed by atoms with Gasteiger partial charge >= 0.3 is 0 Å². The Morgan fingerprint density at radius 2 is 1.35 bits per heavy atom. The van der Waals surface area contributed by atoms with Crippen molar-refractivity contribution in [2.24, 2.45) is 0 Å². The Labute approximate surface area is 184 Å². The molecule has 4 heteroatoms. The molecule has 0 aromatic heterocycles. The van der Waals surface area contributed by atoms with Crippen LogP contribution in [0.4, 0.5) is 0 Å². The van der Waals surface area contributed by atoms with Gasteiger partial charge in [0.05, 0.1) is 20.3 Å². The molecule has 3 aromatic carbocycles. The maximum absolute atomic E-state index is 10.8. The second kappa shape index (κ2) is 9.99. The lowest BCUT2D eigenvalue weighted by Gasteiger charge is -2.31. The Hall–Kier alpha value is -2.82. The highest BCUT2D eigenvalue weighted by molar-refractivity contribution is 5.49. The minimum Gasteiger partial charge on any atom is -0.493 e. The van der Waals surface area contributed by atoms with Gasteiger partial charge in [0.25, 0.3) is 0 Å². The molecule has 162 valence electrons. The molecule has 0 saturated heterocycles. The smallest absolute Gasteiger partial charge is 0.161 e. The fourth-order valence-corrected chi connectivity index (χ4v) is 4.60. The molecule has 0 unspecified atom stereocenters. The van der Waals surface area contributed by atoms with Crippen LogP contribution in [-0.4, -0.2) is 38.0 Å². The van der Waals surface area contributed by atoms with Crippen molar-refractivity contribution < 1.29 is 14.6 Å². The summed E-state index contributed by atoms with van der Waals surface area (Å²) in [6.45, 7) is 0.832. The Morgan fingerprint density at radius 1 is 0.839 bits per heavy atom. The van der Waals surface area contributed by atoms with Gasteiger partial charge in [0.1, 0.15) is 0 Å². The highest BCUT2D eigenvalue weighted by Crippen LogP contribution is 2.34. The van der Waals surface area contributed by atoms with E-state index in [0.29, 0.717) is 18.1 Å². The zero-order valence-electron chi connectivity index (χ0n) is 18.3. The molecule has 3 aromatic rings. The van der Waals surface area contributed by atoms with Gasteiger partial charge in [-0.2, -0.15) is 0 Å². The Bertz CT molecular complexity index is 935. The molecule has 2 atom stereocenters. The van der Waals surface area contributed by atoms with Crippen molar-refractivity contribution in [3.63, 3.8) is 0 Å². The third kappa shape index (κ3) is 4.92. The van der Waals surface area contributed by atoms with Gasteiger partial charge in [-0.3, -0.25) is 0 Å². The Kier molecular flexibility index (Phi) is 6.90. The summed E-state index contributed by atoms with van der Waals surface area (Å²) in [6.07, 6.45) is 1.94. The molecule has 2 N–H and O–H groups in total. The van der Waals surface area contributed by atoms with E-state index in [1.807, 2.05) is 12.1 Å². The van der Waals surface area contributed by atoms with E-state index in [2.05, 4.69) is 66.0 Å². The third-order valence-corrected chi connectivity index (χ3v) is 6.28. The van der Waals surface area contributed by atoms with Crippen LogP contribution in [0.1, 0.15) is 34.6 Å². The minimum absolute atomic E-state index is 0.0257. The summed E-state index contributed by atoms with van der Waals surface area (Å²) >= 11 is 0. The van der Waals surface area contributed by atoms with Crippen molar-refractivity contribution in [2.75, 3.05) is 20.8 Å². The SMILES string of the molecule is COc1cc2c(cc1OC)C[C@@H](NCCC(c1ccccc1)c1ccccc1)[C@@H](O)C2. The molecule has 31 heavy (non-hydrogen) atoms. The first-order chi connectivity index (χ1) is 15.2. The van der Waals surface area contributed by atoms with Crippen molar-refractivity contribution in [3.8, 4) is 11.5 Å². The Morgan fingerprint density at radius 3 is 1.87 bits per heavy atom. The number of hydrogen-bond donors (Lipinski definition) is 2. The van der Waals surface area contributed by atoms with Crippen molar-refractivity contribution in [3.05, 3.63) is 95.1 Å². The lowest BCUT2D eigenvalue weighted by molar-refractivity contribution is 0.119. The van der Waals surface area contributed by atoms with Crippen LogP contribution in [0.3, 0.4) is 0 Å². The average Bonchev–Trinajstić information content (AvgIpc) is 2.82. The van der Waals surface area contributed by atoms with E-state index in [0.717, 1.165) is 30.7 Å². The molecule has 0 heterocycles. The predicted molar refractivity (Wildman–Crippen MR) is 124 cm³/mol. The second-order valence-electron chi connectivity index (χ2n) is 8.17. The fourth-order valence-electron chi connectivity index (χ4n) is 4.60. The van der Waals surface area contributed by atoms with Crippen molar-refractivity contribution in [2.45, 2.75) is 37.3 Å². The number of rotatable bonds is 8. The van der Waals surface area contributed by atoms with E-state index < -0.39 is 6.10 Å². The van der Waals surface area contributed by atoms with Crippen LogP contribution in [0.25, 0.3) is 0 Å². The summed E-state index contributed by atoms with van der Waals surface area (Å²) in [5.74, 6) is 1.78. The van der Waals surface area contributed by atoms with Gasteiger partial charge in [0, 0.05) is 18.4 Å². The number of methoxy groups -OCH3 is 2. The molecule has 0 spiro atoms. The van der Waals surface area contributed by atoms with Gasteiger partial charge < -0.3 is 19.9 Å². The minimum atomic E-state index is -0.419. The standard InChI is InChI=1S/C27H31NO3/c1-30-26-17-21-15-24(25(29)16-22(21)18-27(26)31-2)28-14-13-23(19-9-5-3-6-10-19)20-11-7-4-8-12-20/h3-12,17-18,23-25,28-29H,13-16H2,1-2H3/t24-,25+/m1/s1. The second-order valence-corrected chi connectivity index (χ2v) is 8.17. The largest absolute Gasteiger partial charge is 0.493 e. The first-order valence-electron chi connectivity index (χ1n) is 10.9. The first kappa shape index (κ1) is 21.4. The lowest BCUT2D eigenvalue weighted by Crippen LogP contribution is -2.46. The van der Waals surface area contributed by atoms with E-state index >= 15 is 0 Å². The molecule has 1 aliphatic carbocycles. The van der Waals surface area contributed by atoms with Crippen LogP contribution in [0.5, 0.6) is 11.5 Å². The van der Waals surface area contributed by atoms with Gasteiger partial charge in [0.2, 0.25) is 0 Å². The van der Waals surface area contributed by atoms with Crippen LogP contribution in [-0.2, 0) is 12.8 Å². The number of aliphatic hydroxyl groups excluding tert-OH is 1. The fraction of sp³-hybridized carbons (Fsp3) is 0.333. The van der Waals surface area contributed by atoms with E-state index in [9.17, 15) is 5.11 Å². The number of benzene rings is 3. The van der Waals surface area contributed by atoms with Crippen LogP contribution in [0.2, 0.25) is 0 Å². The topological polar surface area (TPSA) is 50.7 Å². The summed E-state index contributed by atoms with van der Waals surface area (Å²) in [4.78, 5) is 0. The van der Waals surface area contributed by atoms with E-state index in [1.54, 1.807) is 14.2 Å². The highest BCUT2D eigenvalue weighted by Gasteiger charge is 2.28. The van der Waals surface area contributed by atoms with Crippen molar-refractivity contribution >= 4 is 0 Å². The van der Waals surface area contributed by atoms with Crippen molar-refractivity contribution in [1.29, 1.82) is 0 Å². The molecule has 0 amide bonds. The number of nitrogens with one attached hydrogen (secondary N) is 1. The zero-order valence-corrected chi connectivity index (χ0v) is 18.3. The molecule has 4 nitrogen and oxygen atoms in total. The summed E-state index contributed by atoms with van der Waals surface area (Å²) < 4.78 is 10.9. The van der Waals surface area contributed by atoms with E-state index in [1.165, 1.54) is 16.7 Å². The third-order valence-electron chi connectivity index (χ3n) is 6.28. The van der Waals surface area contributed by atoms with Crippen molar-refractivity contribution in [1.82, 2.24) is 5.32 Å². The summed E-state index contributed by atoms with van der Waals surface area (Å²) in [5.41, 5.74) is 4.99. The van der Waals surface area contributed by atoms with Crippen LogP contribution >= 0.6 is 0 Å². The molecule has 0 fully saturated rings. The highest BCUT2D eigenvalue weighted by atomic mass is 16.5. The quantitative estimate of drug-likeness (QED) is 0.572. The molecular weight excluding hydrogens is 386 g/mol. The zero-order chi connectivity index (χ0) is 21.6. The molecule has 0 saturated carbocycles. The predicted octanol–water partition coefficient (Wildman–Crippen LogP) is 4.34. The number of aliphatic hydroxyl groups is 1.